The molecule has 0 aromatic rings. The maximum Gasteiger partial charge on any atom is 0.0601 e. The summed E-state index contributed by atoms with van der Waals surface area (Å²) in [5.74, 6) is 0. The highest BCUT2D eigenvalue weighted by Crippen LogP contribution is 2.16. The van der Waals surface area contributed by atoms with Gasteiger partial charge in [0.25, 0.3) is 0 Å². The van der Waals surface area contributed by atoms with E-state index in [1.165, 1.54) is 19.4 Å². The molecule has 0 amide bonds. The van der Waals surface area contributed by atoms with Crippen molar-refractivity contribution < 1.29 is 5.11 Å². The van der Waals surface area contributed by atoms with Gasteiger partial charge in [0.15, 0.2) is 0 Å². The Kier molecular flexibility index (Phi) is 4.99. The van der Waals surface area contributed by atoms with Gasteiger partial charge in [0.2, 0.25) is 0 Å². The molecule has 0 aliphatic carbocycles. The van der Waals surface area contributed by atoms with Crippen molar-refractivity contribution in [1.82, 2.24) is 9.80 Å². The number of likely N-dealkylation sites (N-methyl/N-ethyl adjacent to an activating group) is 2. The van der Waals surface area contributed by atoms with Crippen LogP contribution in [0, 0.1) is 0 Å². The number of hydrogen-bond donors (Lipinski definition) is 2. The lowest BCUT2D eigenvalue weighted by Gasteiger charge is -2.40. The third-order valence-corrected chi connectivity index (χ3v) is 3.49. The monoisotopic (exact) mass is 215 g/mol. The third-order valence-electron chi connectivity index (χ3n) is 3.49. The fourth-order valence-electron chi connectivity index (χ4n) is 2.41. The highest BCUT2D eigenvalue weighted by molar-refractivity contribution is 4.85. The predicted octanol–water partition coefficient (Wildman–Crippen LogP) is -0.279. The van der Waals surface area contributed by atoms with Gasteiger partial charge in [-0.1, -0.05) is 0 Å². The molecule has 1 aliphatic rings. The van der Waals surface area contributed by atoms with E-state index in [-0.39, 0.29) is 18.7 Å². The van der Waals surface area contributed by atoms with Crippen molar-refractivity contribution in [3.8, 4) is 0 Å². The van der Waals surface area contributed by atoms with Crippen LogP contribution in [0.1, 0.15) is 19.8 Å². The molecule has 15 heavy (non-hydrogen) atoms. The van der Waals surface area contributed by atoms with E-state index in [1.807, 2.05) is 6.92 Å². The summed E-state index contributed by atoms with van der Waals surface area (Å²) in [6.07, 6.45) is 2.45. The van der Waals surface area contributed by atoms with E-state index in [9.17, 15) is 5.11 Å². The molecule has 1 rings (SSSR count). The molecule has 4 heteroatoms. The van der Waals surface area contributed by atoms with Gasteiger partial charge in [0.1, 0.15) is 0 Å². The average Bonchev–Trinajstić information content (AvgIpc) is 2.18. The second kappa shape index (κ2) is 5.80. The van der Waals surface area contributed by atoms with Gasteiger partial charge in [-0.05, 0) is 40.4 Å². The summed E-state index contributed by atoms with van der Waals surface area (Å²) >= 11 is 0. The van der Waals surface area contributed by atoms with Crippen LogP contribution in [0.4, 0.5) is 0 Å². The van der Waals surface area contributed by atoms with Gasteiger partial charge in [0.05, 0.1) is 6.61 Å². The van der Waals surface area contributed by atoms with Crippen LogP contribution >= 0.6 is 0 Å². The molecule has 90 valence electrons. The number of nitrogens with zero attached hydrogens (tertiary/aromatic N) is 2. The minimum atomic E-state index is 0.0206. The van der Waals surface area contributed by atoms with Crippen LogP contribution in [0.2, 0.25) is 0 Å². The summed E-state index contributed by atoms with van der Waals surface area (Å²) in [7, 11) is 4.23. The zero-order valence-corrected chi connectivity index (χ0v) is 10.2. The van der Waals surface area contributed by atoms with Crippen molar-refractivity contribution >= 4 is 0 Å². The maximum absolute atomic E-state index is 9.33. The molecule has 0 aromatic carbocycles. The van der Waals surface area contributed by atoms with E-state index in [1.54, 1.807) is 0 Å². The zero-order valence-electron chi connectivity index (χ0n) is 10.2. The molecular formula is C11H25N3O. The summed E-state index contributed by atoms with van der Waals surface area (Å²) in [5, 5.41) is 9.33. The lowest BCUT2D eigenvalue weighted by Crippen LogP contribution is -2.55. The van der Waals surface area contributed by atoms with Gasteiger partial charge in [-0.3, -0.25) is 4.90 Å². The van der Waals surface area contributed by atoms with Crippen molar-refractivity contribution in [3.63, 3.8) is 0 Å². The van der Waals surface area contributed by atoms with Crippen molar-refractivity contribution in [3.05, 3.63) is 0 Å². The summed E-state index contributed by atoms with van der Waals surface area (Å²) in [6.45, 7) is 4.38. The minimum absolute atomic E-state index is 0.0206. The van der Waals surface area contributed by atoms with Gasteiger partial charge in [0, 0.05) is 24.7 Å². The highest BCUT2D eigenvalue weighted by atomic mass is 16.3. The van der Waals surface area contributed by atoms with Gasteiger partial charge in [-0.2, -0.15) is 0 Å². The summed E-state index contributed by atoms with van der Waals surface area (Å²) in [5.41, 5.74) is 5.87. The van der Waals surface area contributed by atoms with Crippen molar-refractivity contribution in [1.29, 1.82) is 0 Å². The molecule has 1 fully saturated rings. The number of nitrogens with two attached hydrogens (primary N) is 1. The number of piperidine rings is 1. The Hall–Kier alpha value is -0.160. The first kappa shape index (κ1) is 12.9. The van der Waals surface area contributed by atoms with Crippen LogP contribution in [0.25, 0.3) is 0 Å². The van der Waals surface area contributed by atoms with Crippen LogP contribution in [0.15, 0.2) is 0 Å². The molecule has 0 aromatic heterocycles. The smallest absolute Gasteiger partial charge is 0.0601 e. The molecule has 0 saturated carbocycles. The predicted molar refractivity (Wildman–Crippen MR) is 62.8 cm³/mol. The summed E-state index contributed by atoms with van der Waals surface area (Å²) in [4.78, 5) is 4.60. The quantitative estimate of drug-likeness (QED) is 0.677. The molecule has 3 N–H and O–H groups in total. The molecule has 0 bridgehead atoms. The molecule has 1 heterocycles. The van der Waals surface area contributed by atoms with Crippen LogP contribution in [0.3, 0.4) is 0 Å². The fourth-order valence-corrected chi connectivity index (χ4v) is 2.41. The van der Waals surface area contributed by atoms with Crippen molar-refractivity contribution in [2.24, 2.45) is 5.73 Å². The number of aliphatic hydroxyl groups is 1. The molecular weight excluding hydrogens is 190 g/mol. The fraction of sp³-hybridized carbons (Fsp3) is 1.00. The molecule has 0 radical (unpaired) electrons. The number of rotatable bonds is 4. The van der Waals surface area contributed by atoms with Crippen LogP contribution in [-0.4, -0.2) is 66.8 Å². The molecule has 0 spiro atoms. The first-order valence-corrected chi connectivity index (χ1v) is 5.83. The molecule has 3 unspecified atom stereocenters. The summed E-state index contributed by atoms with van der Waals surface area (Å²) < 4.78 is 0. The van der Waals surface area contributed by atoms with Crippen LogP contribution in [-0.2, 0) is 0 Å². The third kappa shape index (κ3) is 3.41. The van der Waals surface area contributed by atoms with E-state index in [2.05, 4.69) is 23.9 Å². The van der Waals surface area contributed by atoms with Crippen LogP contribution in [0.5, 0.6) is 0 Å². The Morgan fingerprint density at radius 1 is 1.60 bits per heavy atom. The topological polar surface area (TPSA) is 52.7 Å². The second-order valence-corrected chi connectivity index (χ2v) is 4.83. The Labute approximate surface area is 93.0 Å². The highest BCUT2D eigenvalue weighted by Gasteiger charge is 2.27. The van der Waals surface area contributed by atoms with Crippen molar-refractivity contribution in [2.75, 3.05) is 33.8 Å². The Balaban J connectivity index is 2.53. The number of aliphatic hydroxyl groups excluding tert-OH is 1. The minimum Gasteiger partial charge on any atom is -0.395 e. The zero-order chi connectivity index (χ0) is 11.4. The average molecular weight is 215 g/mol. The lowest BCUT2D eigenvalue weighted by molar-refractivity contribution is 0.0580. The Morgan fingerprint density at radius 3 is 2.73 bits per heavy atom. The SMILES string of the molecule is CC(N)C(CO)N(C)C1CCCN(C)C1. The first-order valence-electron chi connectivity index (χ1n) is 5.83. The Morgan fingerprint density at radius 2 is 2.27 bits per heavy atom. The summed E-state index contributed by atoms with van der Waals surface area (Å²) in [6, 6.07) is 0.639. The van der Waals surface area contributed by atoms with Gasteiger partial charge in [-0.15, -0.1) is 0 Å². The van der Waals surface area contributed by atoms with Gasteiger partial charge in [-0.25, -0.2) is 0 Å². The number of hydrogen-bond acceptors (Lipinski definition) is 4. The molecule has 1 saturated heterocycles. The van der Waals surface area contributed by atoms with E-state index in [0.717, 1.165) is 6.54 Å². The Bertz CT molecular complexity index is 187. The van der Waals surface area contributed by atoms with E-state index >= 15 is 0 Å². The van der Waals surface area contributed by atoms with Gasteiger partial charge < -0.3 is 15.7 Å². The molecule has 4 nitrogen and oxygen atoms in total. The second-order valence-electron chi connectivity index (χ2n) is 4.83. The van der Waals surface area contributed by atoms with Crippen LogP contribution < -0.4 is 5.73 Å². The lowest BCUT2D eigenvalue weighted by atomic mass is 10.0. The molecule has 1 aliphatic heterocycles. The molecule has 3 atom stereocenters. The standard InChI is InChI=1S/C11H25N3O/c1-9(12)11(8-15)14(3)10-5-4-6-13(2)7-10/h9-11,15H,4-8,12H2,1-3H3. The van der Waals surface area contributed by atoms with E-state index in [4.69, 9.17) is 5.73 Å². The van der Waals surface area contributed by atoms with Crippen molar-refractivity contribution in [2.45, 2.75) is 37.9 Å². The maximum atomic E-state index is 9.33. The van der Waals surface area contributed by atoms with E-state index < -0.39 is 0 Å². The number of likely N-dealkylation sites (tertiary alicyclic amines) is 1. The van der Waals surface area contributed by atoms with Gasteiger partial charge >= 0.3 is 0 Å². The normalized spacial score (nSPS) is 28.0. The van der Waals surface area contributed by atoms with E-state index in [0.29, 0.717) is 6.04 Å². The largest absolute Gasteiger partial charge is 0.395 e. The first-order chi connectivity index (χ1) is 7.06.